The van der Waals surface area contributed by atoms with Crippen LogP contribution in [0.5, 0.6) is 0 Å². The summed E-state index contributed by atoms with van der Waals surface area (Å²) in [5, 5.41) is 11.5. The molecular weight excluding hydrogens is 270 g/mol. The van der Waals surface area contributed by atoms with Crippen LogP contribution in [0.2, 0.25) is 0 Å². The number of rotatable bonds is 6. The Morgan fingerprint density at radius 1 is 1.14 bits per heavy atom. The molecule has 0 radical (unpaired) electrons. The topological polar surface area (TPSA) is 79.5 Å². The maximum absolute atomic E-state index is 11.9. The van der Waals surface area contributed by atoms with E-state index < -0.39 is 11.9 Å². The van der Waals surface area contributed by atoms with Gasteiger partial charge in [-0.1, -0.05) is 37.3 Å². The summed E-state index contributed by atoms with van der Waals surface area (Å²) in [7, 11) is 0. The summed E-state index contributed by atoms with van der Waals surface area (Å²) in [4.78, 5) is 22.6. The molecule has 1 aromatic heterocycles. The van der Waals surface area contributed by atoms with E-state index in [-0.39, 0.29) is 17.4 Å². The lowest BCUT2D eigenvalue weighted by Gasteiger charge is -2.15. The van der Waals surface area contributed by atoms with Crippen molar-refractivity contribution in [3.05, 3.63) is 59.5 Å². The highest BCUT2D eigenvalue weighted by atomic mass is 16.4. The van der Waals surface area contributed by atoms with Gasteiger partial charge in [0.25, 0.3) is 5.91 Å². The predicted octanol–water partition coefficient (Wildman–Crippen LogP) is 2.90. The Kier molecular flexibility index (Phi) is 4.77. The molecule has 0 aliphatic rings. The van der Waals surface area contributed by atoms with Crippen LogP contribution in [0.25, 0.3) is 0 Å². The van der Waals surface area contributed by atoms with Crippen LogP contribution in [0.3, 0.4) is 0 Å². The highest BCUT2D eigenvalue weighted by Gasteiger charge is 2.16. The fourth-order valence-electron chi connectivity index (χ4n) is 2.10. The van der Waals surface area contributed by atoms with Gasteiger partial charge in [0, 0.05) is 12.5 Å². The van der Waals surface area contributed by atoms with E-state index in [9.17, 15) is 9.59 Å². The average Bonchev–Trinajstić information content (AvgIpc) is 2.99. The lowest BCUT2D eigenvalue weighted by atomic mass is 9.96. The molecule has 0 saturated carbocycles. The van der Waals surface area contributed by atoms with E-state index in [0.29, 0.717) is 6.54 Å². The van der Waals surface area contributed by atoms with Crippen molar-refractivity contribution in [2.45, 2.75) is 19.3 Å². The van der Waals surface area contributed by atoms with Crippen molar-refractivity contribution in [1.29, 1.82) is 0 Å². The van der Waals surface area contributed by atoms with Gasteiger partial charge in [-0.25, -0.2) is 4.79 Å². The van der Waals surface area contributed by atoms with Crippen LogP contribution in [0.4, 0.5) is 0 Å². The number of carboxylic acids is 1. The Morgan fingerprint density at radius 3 is 2.38 bits per heavy atom. The molecule has 21 heavy (non-hydrogen) atoms. The third-order valence-corrected chi connectivity index (χ3v) is 3.31. The van der Waals surface area contributed by atoms with E-state index in [1.54, 1.807) is 0 Å². The summed E-state index contributed by atoms with van der Waals surface area (Å²) in [6.07, 6.45) is 0.892. The Labute approximate surface area is 122 Å². The normalized spacial score (nSPS) is 11.9. The average molecular weight is 287 g/mol. The molecule has 1 atom stereocenters. The lowest BCUT2D eigenvalue weighted by molar-refractivity contribution is 0.0659. The molecule has 110 valence electrons. The SMILES string of the molecule is CCC(CNC(=O)c1ccc(C(=O)O)o1)c1ccccc1. The van der Waals surface area contributed by atoms with Crippen LogP contribution in [0, 0.1) is 0 Å². The maximum Gasteiger partial charge on any atom is 0.371 e. The Bertz CT molecular complexity index is 618. The fraction of sp³-hybridized carbons (Fsp3) is 0.250. The molecule has 0 aliphatic carbocycles. The van der Waals surface area contributed by atoms with Crippen molar-refractivity contribution in [1.82, 2.24) is 5.32 Å². The summed E-state index contributed by atoms with van der Waals surface area (Å²) in [6, 6.07) is 12.6. The van der Waals surface area contributed by atoms with Gasteiger partial charge in [-0.15, -0.1) is 0 Å². The van der Waals surface area contributed by atoms with Gasteiger partial charge >= 0.3 is 5.97 Å². The zero-order chi connectivity index (χ0) is 15.2. The van der Waals surface area contributed by atoms with Gasteiger partial charge in [0.15, 0.2) is 5.76 Å². The summed E-state index contributed by atoms with van der Waals surface area (Å²) < 4.78 is 4.97. The second kappa shape index (κ2) is 6.74. The van der Waals surface area contributed by atoms with Crippen molar-refractivity contribution in [3.63, 3.8) is 0 Å². The molecule has 0 spiro atoms. The van der Waals surface area contributed by atoms with Crippen LogP contribution in [-0.4, -0.2) is 23.5 Å². The summed E-state index contributed by atoms with van der Waals surface area (Å²) in [5.74, 6) is -1.61. The zero-order valence-corrected chi connectivity index (χ0v) is 11.7. The zero-order valence-electron chi connectivity index (χ0n) is 11.7. The molecule has 1 heterocycles. The standard InChI is InChI=1S/C16H17NO4/c1-2-11(12-6-4-3-5-7-12)10-17-15(18)13-8-9-14(21-13)16(19)20/h3-9,11H,2,10H2,1H3,(H,17,18)(H,19,20). The molecular formula is C16H17NO4. The van der Waals surface area contributed by atoms with Crippen LogP contribution in [-0.2, 0) is 0 Å². The number of aromatic carboxylic acids is 1. The van der Waals surface area contributed by atoms with Gasteiger partial charge in [-0.05, 0) is 24.1 Å². The first-order valence-electron chi connectivity index (χ1n) is 6.78. The van der Waals surface area contributed by atoms with Crippen molar-refractivity contribution < 1.29 is 19.1 Å². The minimum Gasteiger partial charge on any atom is -0.475 e. The van der Waals surface area contributed by atoms with Crippen molar-refractivity contribution >= 4 is 11.9 Å². The monoisotopic (exact) mass is 287 g/mol. The number of benzene rings is 1. The number of nitrogens with one attached hydrogen (secondary N) is 1. The van der Waals surface area contributed by atoms with Gasteiger partial charge in [0.05, 0.1) is 0 Å². The first-order valence-corrected chi connectivity index (χ1v) is 6.78. The van der Waals surface area contributed by atoms with Gasteiger partial charge in [0.1, 0.15) is 0 Å². The van der Waals surface area contributed by atoms with Crippen LogP contribution >= 0.6 is 0 Å². The van der Waals surface area contributed by atoms with E-state index in [0.717, 1.165) is 12.0 Å². The smallest absolute Gasteiger partial charge is 0.371 e. The maximum atomic E-state index is 11.9. The van der Waals surface area contributed by atoms with Crippen LogP contribution < -0.4 is 5.32 Å². The first kappa shape index (κ1) is 14.8. The fourth-order valence-corrected chi connectivity index (χ4v) is 2.10. The van der Waals surface area contributed by atoms with Crippen molar-refractivity contribution in [3.8, 4) is 0 Å². The molecule has 5 nitrogen and oxygen atoms in total. The van der Waals surface area contributed by atoms with Crippen molar-refractivity contribution in [2.24, 2.45) is 0 Å². The van der Waals surface area contributed by atoms with Crippen molar-refractivity contribution in [2.75, 3.05) is 6.54 Å². The largest absolute Gasteiger partial charge is 0.475 e. The second-order valence-electron chi connectivity index (χ2n) is 4.69. The Morgan fingerprint density at radius 2 is 1.81 bits per heavy atom. The number of carbonyl (C=O) groups is 2. The molecule has 2 N–H and O–H groups in total. The summed E-state index contributed by atoms with van der Waals surface area (Å²) >= 11 is 0. The Hall–Kier alpha value is -2.56. The molecule has 1 amide bonds. The number of amides is 1. The molecule has 1 unspecified atom stereocenters. The molecule has 0 fully saturated rings. The number of furan rings is 1. The van der Waals surface area contributed by atoms with E-state index >= 15 is 0 Å². The minimum absolute atomic E-state index is 0.00955. The quantitative estimate of drug-likeness (QED) is 0.856. The second-order valence-corrected chi connectivity index (χ2v) is 4.69. The van der Waals surface area contributed by atoms with Gasteiger partial charge < -0.3 is 14.8 Å². The molecule has 2 rings (SSSR count). The molecule has 1 aromatic carbocycles. The van der Waals surface area contributed by atoms with E-state index in [1.165, 1.54) is 12.1 Å². The van der Waals surface area contributed by atoms with Crippen LogP contribution in [0.1, 0.15) is 45.9 Å². The predicted molar refractivity (Wildman–Crippen MR) is 77.5 cm³/mol. The van der Waals surface area contributed by atoms with Gasteiger partial charge in [-0.2, -0.15) is 0 Å². The van der Waals surface area contributed by atoms with E-state index in [2.05, 4.69) is 12.2 Å². The Balaban J connectivity index is 1.97. The molecule has 0 aliphatic heterocycles. The summed E-state index contributed by atoms with van der Waals surface area (Å²) in [6.45, 7) is 2.53. The number of carboxylic acid groups (broad SMARTS) is 1. The molecule has 5 heteroatoms. The highest BCUT2D eigenvalue weighted by molar-refractivity contribution is 5.93. The molecule has 2 aromatic rings. The third kappa shape index (κ3) is 3.72. The van der Waals surface area contributed by atoms with E-state index in [4.69, 9.17) is 9.52 Å². The minimum atomic E-state index is -1.19. The lowest BCUT2D eigenvalue weighted by Crippen LogP contribution is -2.28. The number of hydrogen-bond acceptors (Lipinski definition) is 3. The number of hydrogen-bond donors (Lipinski definition) is 2. The molecule has 0 bridgehead atoms. The highest BCUT2D eigenvalue weighted by Crippen LogP contribution is 2.18. The number of carbonyl (C=O) groups excluding carboxylic acids is 1. The third-order valence-electron chi connectivity index (χ3n) is 3.31. The summed E-state index contributed by atoms with van der Waals surface area (Å²) in [5.41, 5.74) is 1.16. The molecule has 0 saturated heterocycles. The van der Waals surface area contributed by atoms with Crippen LogP contribution in [0.15, 0.2) is 46.9 Å². The first-order chi connectivity index (χ1) is 10.1. The van der Waals surface area contributed by atoms with Gasteiger partial charge in [0.2, 0.25) is 5.76 Å². The van der Waals surface area contributed by atoms with E-state index in [1.807, 2.05) is 30.3 Å². The van der Waals surface area contributed by atoms with Gasteiger partial charge in [-0.3, -0.25) is 4.79 Å².